The van der Waals surface area contributed by atoms with E-state index in [4.69, 9.17) is 4.74 Å². The third kappa shape index (κ3) is 4.74. The maximum Gasteiger partial charge on any atom is 0.278 e. The van der Waals surface area contributed by atoms with E-state index in [0.29, 0.717) is 23.1 Å². The number of nitrogens with zero attached hydrogens (tertiary/aromatic N) is 5. The van der Waals surface area contributed by atoms with E-state index in [1.165, 1.54) is 12.1 Å². The van der Waals surface area contributed by atoms with Gasteiger partial charge in [-0.15, -0.1) is 10.2 Å². The number of hydrogen-bond donors (Lipinski definition) is 0. The molecule has 6 rings (SSSR count). The highest BCUT2D eigenvalue weighted by molar-refractivity contribution is 7.14. The Bertz CT molecular complexity index is 1620. The molecule has 11 heteroatoms. The average Bonchev–Trinajstić information content (AvgIpc) is 3.43. The topological polar surface area (TPSA) is 80.6 Å². The first kappa shape index (κ1) is 26.1. The molecule has 0 N–H and O–H groups in total. The van der Waals surface area contributed by atoms with Crippen molar-refractivity contribution in [3.63, 3.8) is 0 Å². The summed E-state index contributed by atoms with van der Waals surface area (Å²) in [6, 6.07) is 12.8. The highest BCUT2D eigenvalue weighted by Crippen LogP contribution is 2.33. The lowest BCUT2D eigenvalue weighted by Crippen LogP contribution is -2.63. The van der Waals surface area contributed by atoms with Gasteiger partial charge in [0, 0.05) is 31.8 Å². The summed E-state index contributed by atoms with van der Waals surface area (Å²) < 4.78 is 35.5. The molecular formula is C29H27F2N5O3S. The summed E-state index contributed by atoms with van der Waals surface area (Å²) in [7, 11) is 0. The maximum absolute atomic E-state index is 14.3. The van der Waals surface area contributed by atoms with E-state index in [9.17, 15) is 18.4 Å². The number of aromatic nitrogens is 3. The fraction of sp³-hybridized carbons (Fsp3) is 0.310. The van der Waals surface area contributed by atoms with Crippen LogP contribution in [-0.4, -0.2) is 44.9 Å². The predicted molar refractivity (Wildman–Crippen MR) is 147 cm³/mol. The normalized spacial score (nSPS) is 16.6. The largest absolute Gasteiger partial charge is 0.482 e. The van der Waals surface area contributed by atoms with Crippen molar-refractivity contribution in [1.82, 2.24) is 19.8 Å². The van der Waals surface area contributed by atoms with Crippen LogP contribution in [0.3, 0.4) is 0 Å². The second-order valence-corrected chi connectivity index (χ2v) is 10.9. The van der Waals surface area contributed by atoms with Crippen molar-refractivity contribution in [2.24, 2.45) is 0 Å². The molecule has 0 radical (unpaired) electrons. The zero-order valence-corrected chi connectivity index (χ0v) is 22.7. The van der Waals surface area contributed by atoms with Crippen LogP contribution in [0.25, 0.3) is 10.6 Å². The van der Waals surface area contributed by atoms with E-state index in [1.54, 1.807) is 15.8 Å². The monoisotopic (exact) mass is 563 g/mol. The molecule has 40 heavy (non-hydrogen) atoms. The molecule has 1 saturated heterocycles. The second-order valence-electron chi connectivity index (χ2n) is 9.81. The van der Waals surface area contributed by atoms with Crippen molar-refractivity contribution in [1.29, 1.82) is 0 Å². The number of amides is 1. The van der Waals surface area contributed by atoms with E-state index in [-0.39, 0.29) is 47.7 Å². The summed E-state index contributed by atoms with van der Waals surface area (Å²) in [5, 5.41) is 11.3. The fourth-order valence-electron chi connectivity index (χ4n) is 5.35. The minimum Gasteiger partial charge on any atom is -0.482 e. The van der Waals surface area contributed by atoms with Gasteiger partial charge in [0.1, 0.15) is 29.4 Å². The fourth-order valence-corrected chi connectivity index (χ4v) is 6.22. The summed E-state index contributed by atoms with van der Waals surface area (Å²) in [5.74, 6) is -1.61. The van der Waals surface area contributed by atoms with E-state index < -0.39 is 17.1 Å². The number of pyridine rings is 1. The van der Waals surface area contributed by atoms with Gasteiger partial charge in [-0.25, -0.2) is 8.78 Å². The number of carbonyl (C=O) groups is 1. The molecule has 2 aromatic carbocycles. The van der Waals surface area contributed by atoms with Crippen LogP contribution < -0.4 is 15.2 Å². The van der Waals surface area contributed by atoms with Crippen LogP contribution in [0, 0.1) is 11.6 Å². The molecule has 1 fully saturated rings. The van der Waals surface area contributed by atoms with Crippen LogP contribution in [0.2, 0.25) is 0 Å². The van der Waals surface area contributed by atoms with Gasteiger partial charge in [-0.2, -0.15) is 0 Å². The number of fused-ring (bicyclic) bond motifs is 3. The Morgan fingerprint density at radius 3 is 2.67 bits per heavy atom. The molecule has 1 unspecified atom stereocenters. The SMILES string of the molecule is CCN1C(=O)c2c(OCc3ccccc3)c(=O)c(-c3nnc(Cc4ccc(F)cc4F)s3)cn2N2CCCCC12. The molecule has 2 aliphatic heterocycles. The Morgan fingerprint density at radius 2 is 1.90 bits per heavy atom. The first-order valence-corrected chi connectivity index (χ1v) is 14.1. The lowest BCUT2D eigenvalue weighted by molar-refractivity contribution is 0.0533. The predicted octanol–water partition coefficient (Wildman–Crippen LogP) is 4.74. The molecule has 2 aromatic heterocycles. The number of ether oxygens (including phenoxy) is 1. The van der Waals surface area contributed by atoms with Crippen LogP contribution in [0.1, 0.15) is 52.8 Å². The summed E-state index contributed by atoms with van der Waals surface area (Å²) >= 11 is 1.15. The Hall–Kier alpha value is -4.12. The lowest BCUT2D eigenvalue weighted by Gasteiger charge is -2.48. The Labute approximate surface area is 233 Å². The summed E-state index contributed by atoms with van der Waals surface area (Å²) in [6.45, 7) is 3.27. The van der Waals surface area contributed by atoms with E-state index in [2.05, 4.69) is 15.2 Å². The van der Waals surface area contributed by atoms with Gasteiger partial charge in [-0.3, -0.25) is 19.3 Å². The van der Waals surface area contributed by atoms with Crippen molar-refractivity contribution in [2.75, 3.05) is 18.1 Å². The van der Waals surface area contributed by atoms with Crippen LogP contribution >= 0.6 is 11.3 Å². The molecule has 2 aliphatic rings. The molecular weight excluding hydrogens is 536 g/mol. The molecule has 1 atom stereocenters. The smallest absolute Gasteiger partial charge is 0.278 e. The quantitative estimate of drug-likeness (QED) is 0.323. The van der Waals surface area contributed by atoms with Gasteiger partial charge in [0.25, 0.3) is 5.91 Å². The number of hydrogen-bond acceptors (Lipinski definition) is 7. The number of benzene rings is 2. The first-order chi connectivity index (χ1) is 19.4. The minimum atomic E-state index is -0.669. The summed E-state index contributed by atoms with van der Waals surface area (Å²) in [5.41, 5.74) is 1.12. The highest BCUT2D eigenvalue weighted by Gasteiger charge is 2.41. The van der Waals surface area contributed by atoms with Crippen molar-refractivity contribution in [2.45, 2.75) is 45.4 Å². The van der Waals surface area contributed by atoms with E-state index in [1.807, 2.05) is 37.3 Å². The van der Waals surface area contributed by atoms with Crippen LogP contribution in [-0.2, 0) is 13.0 Å². The molecule has 0 spiro atoms. The molecule has 4 heterocycles. The minimum absolute atomic E-state index is 0.0323. The van der Waals surface area contributed by atoms with Gasteiger partial charge >= 0.3 is 0 Å². The maximum atomic E-state index is 14.3. The van der Waals surface area contributed by atoms with Crippen molar-refractivity contribution in [3.05, 3.63) is 98.4 Å². The van der Waals surface area contributed by atoms with Crippen LogP contribution in [0.15, 0.2) is 59.5 Å². The Kier molecular flexibility index (Phi) is 7.05. The molecule has 4 aromatic rings. The number of rotatable bonds is 7. The van der Waals surface area contributed by atoms with Gasteiger partial charge in [0.05, 0.1) is 5.56 Å². The van der Waals surface area contributed by atoms with Gasteiger partial charge in [-0.1, -0.05) is 47.7 Å². The zero-order valence-electron chi connectivity index (χ0n) is 21.8. The van der Waals surface area contributed by atoms with Gasteiger partial charge in [0.2, 0.25) is 5.43 Å². The van der Waals surface area contributed by atoms with Crippen LogP contribution in [0.4, 0.5) is 8.78 Å². The number of halogens is 2. The molecule has 0 saturated carbocycles. The van der Waals surface area contributed by atoms with Crippen molar-refractivity contribution in [3.8, 4) is 16.3 Å². The van der Waals surface area contributed by atoms with Gasteiger partial charge in [-0.05, 0) is 43.4 Å². The summed E-state index contributed by atoms with van der Waals surface area (Å²) in [4.78, 5) is 29.5. The molecule has 8 nitrogen and oxygen atoms in total. The third-order valence-corrected chi connectivity index (χ3v) is 8.27. The molecule has 206 valence electrons. The number of carbonyl (C=O) groups excluding carboxylic acids is 1. The average molecular weight is 564 g/mol. The van der Waals surface area contributed by atoms with Gasteiger partial charge < -0.3 is 9.64 Å². The first-order valence-electron chi connectivity index (χ1n) is 13.3. The summed E-state index contributed by atoms with van der Waals surface area (Å²) in [6.07, 6.45) is 4.42. The van der Waals surface area contributed by atoms with Crippen molar-refractivity contribution >= 4 is 17.2 Å². The standard InChI is InChI=1S/C29H27F2N5O3S/c1-2-34-24-10-6-7-13-35(24)36-16-21(28-33-32-23(40-28)14-19-11-12-20(30)15-22(19)31)26(37)27(25(36)29(34)38)39-17-18-8-4-3-5-9-18/h3-5,8-9,11-12,15-16,24H,2,6-7,10,13-14,17H2,1H3. The van der Waals surface area contributed by atoms with E-state index in [0.717, 1.165) is 42.2 Å². The Balaban J connectivity index is 1.44. The third-order valence-electron chi connectivity index (χ3n) is 7.31. The molecule has 0 bridgehead atoms. The molecule has 1 amide bonds. The second kappa shape index (κ2) is 10.8. The highest BCUT2D eigenvalue weighted by atomic mass is 32.1. The van der Waals surface area contributed by atoms with Gasteiger partial charge in [0.15, 0.2) is 16.5 Å². The lowest BCUT2D eigenvalue weighted by atomic mass is 10.1. The molecule has 0 aliphatic carbocycles. The van der Waals surface area contributed by atoms with E-state index >= 15 is 0 Å². The van der Waals surface area contributed by atoms with Crippen LogP contribution in [0.5, 0.6) is 5.75 Å². The zero-order chi connectivity index (χ0) is 27.8. The van der Waals surface area contributed by atoms with Crippen molar-refractivity contribution < 1.29 is 18.3 Å². The Morgan fingerprint density at radius 1 is 1.07 bits per heavy atom. The number of piperidine rings is 1.